The van der Waals surface area contributed by atoms with Crippen molar-refractivity contribution in [3.8, 4) is 0 Å². The monoisotopic (exact) mass is 309 g/mol. The van der Waals surface area contributed by atoms with Gasteiger partial charge in [0, 0.05) is 5.02 Å². The Morgan fingerprint density at radius 2 is 2.00 bits per heavy atom. The Balaban J connectivity index is 1.93. The third kappa shape index (κ3) is 4.32. The molecule has 0 saturated heterocycles. The zero-order valence-electron chi connectivity index (χ0n) is 11.2. The first-order chi connectivity index (χ1) is 10.1. The van der Waals surface area contributed by atoms with Crippen LogP contribution in [0.3, 0.4) is 0 Å². The number of halogens is 1. The standard InChI is InChI=1S/C15H16ClNO4/c16-11-5-3-10(4-6-11)13(19)8-15(20)17-12(9-18)14-2-1-7-21-14/h1-7,12-13,18-19H,8-9H2,(H,17,20). The Morgan fingerprint density at radius 3 is 2.57 bits per heavy atom. The van der Waals surface area contributed by atoms with Crippen LogP contribution in [0.5, 0.6) is 0 Å². The highest BCUT2D eigenvalue weighted by Crippen LogP contribution is 2.20. The summed E-state index contributed by atoms with van der Waals surface area (Å²) in [5.41, 5.74) is 0.605. The molecule has 1 heterocycles. The molecule has 2 atom stereocenters. The maximum absolute atomic E-state index is 11.9. The van der Waals surface area contributed by atoms with Crippen LogP contribution in [0.4, 0.5) is 0 Å². The first-order valence-electron chi connectivity index (χ1n) is 6.47. The summed E-state index contributed by atoms with van der Waals surface area (Å²) >= 11 is 5.77. The molecule has 0 aliphatic rings. The van der Waals surface area contributed by atoms with E-state index in [-0.39, 0.29) is 18.9 Å². The van der Waals surface area contributed by atoms with Crippen LogP contribution in [0.2, 0.25) is 5.02 Å². The van der Waals surface area contributed by atoms with Crippen LogP contribution in [0, 0.1) is 0 Å². The van der Waals surface area contributed by atoms with E-state index < -0.39 is 12.1 Å². The van der Waals surface area contributed by atoms with E-state index in [0.29, 0.717) is 16.3 Å². The van der Waals surface area contributed by atoms with Gasteiger partial charge in [0.05, 0.1) is 25.4 Å². The second-order valence-corrected chi connectivity index (χ2v) is 5.03. The van der Waals surface area contributed by atoms with Gasteiger partial charge < -0.3 is 19.9 Å². The van der Waals surface area contributed by atoms with Crippen molar-refractivity contribution in [1.82, 2.24) is 5.32 Å². The first-order valence-corrected chi connectivity index (χ1v) is 6.85. The molecule has 0 spiro atoms. The lowest BCUT2D eigenvalue weighted by Gasteiger charge is -2.16. The lowest BCUT2D eigenvalue weighted by atomic mass is 10.1. The average molecular weight is 310 g/mol. The van der Waals surface area contributed by atoms with Crippen LogP contribution in [0.25, 0.3) is 0 Å². The largest absolute Gasteiger partial charge is 0.467 e. The molecule has 2 unspecified atom stereocenters. The van der Waals surface area contributed by atoms with E-state index in [1.54, 1.807) is 36.4 Å². The van der Waals surface area contributed by atoms with Crippen LogP contribution in [-0.2, 0) is 4.79 Å². The molecule has 0 bridgehead atoms. The molecule has 112 valence electrons. The van der Waals surface area contributed by atoms with E-state index in [1.165, 1.54) is 6.26 Å². The predicted octanol–water partition coefficient (Wildman–Crippen LogP) is 2.21. The van der Waals surface area contributed by atoms with Crippen molar-refractivity contribution >= 4 is 17.5 Å². The molecule has 1 amide bonds. The van der Waals surface area contributed by atoms with Crippen molar-refractivity contribution in [2.45, 2.75) is 18.6 Å². The fourth-order valence-electron chi connectivity index (χ4n) is 1.93. The van der Waals surface area contributed by atoms with Gasteiger partial charge in [0.25, 0.3) is 0 Å². The summed E-state index contributed by atoms with van der Waals surface area (Å²) in [5, 5.41) is 22.5. The summed E-state index contributed by atoms with van der Waals surface area (Å²) in [6.07, 6.45) is 0.421. The number of hydrogen-bond donors (Lipinski definition) is 3. The Labute approximate surface area is 127 Å². The van der Waals surface area contributed by atoms with Gasteiger partial charge in [-0.15, -0.1) is 0 Å². The molecule has 2 rings (SSSR count). The van der Waals surface area contributed by atoms with Gasteiger partial charge in [-0.2, -0.15) is 0 Å². The Kier molecular flexibility index (Phi) is 5.38. The highest BCUT2D eigenvalue weighted by atomic mass is 35.5. The van der Waals surface area contributed by atoms with Crippen LogP contribution in [-0.4, -0.2) is 22.7 Å². The van der Waals surface area contributed by atoms with Crippen LogP contribution in [0.1, 0.15) is 29.9 Å². The van der Waals surface area contributed by atoms with Crippen LogP contribution in [0.15, 0.2) is 47.1 Å². The number of hydrogen-bond acceptors (Lipinski definition) is 4. The average Bonchev–Trinajstić information content (AvgIpc) is 2.99. The third-order valence-corrected chi connectivity index (χ3v) is 3.29. The number of carbonyl (C=O) groups excluding carboxylic acids is 1. The molecule has 0 fully saturated rings. The van der Waals surface area contributed by atoms with E-state index in [2.05, 4.69) is 5.32 Å². The summed E-state index contributed by atoms with van der Waals surface area (Å²) in [4.78, 5) is 11.9. The van der Waals surface area contributed by atoms with Gasteiger partial charge in [0.15, 0.2) is 0 Å². The van der Waals surface area contributed by atoms with Crippen molar-refractivity contribution < 1.29 is 19.4 Å². The smallest absolute Gasteiger partial charge is 0.223 e. The maximum atomic E-state index is 11.9. The highest BCUT2D eigenvalue weighted by Gasteiger charge is 2.19. The Bertz CT molecular complexity index is 568. The Morgan fingerprint density at radius 1 is 1.29 bits per heavy atom. The van der Waals surface area contributed by atoms with Crippen molar-refractivity contribution in [3.63, 3.8) is 0 Å². The molecule has 21 heavy (non-hydrogen) atoms. The fraction of sp³-hybridized carbons (Fsp3) is 0.267. The van der Waals surface area contributed by atoms with Gasteiger partial charge in [0.1, 0.15) is 11.8 Å². The summed E-state index contributed by atoms with van der Waals surface area (Å²) in [5.74, 6) is 0.0831. The second kappa shape index (κ2) is 7.26. The number of aliphatic hydroxyl groups is 2. The zero-order chi connectivity index (χ0) is 15.2. The normalized spacial score (nSPS) is 13.7. The molecular formula is C15H16ClNO4. The Hall–Kier alpha value is -1.82. The van der Waals surface area contributed by atoms with Gasteiger partial charge >= 0.3 is 0 Å². The van der Waals surface area contributed by atoms with Crippen LogP contribution < -0.4 is 5.32 Å². The quantitative estimate of drug-likeness (QED) is 0.764. The fourth-order valence-corrected chi connectivity index (χ4v) is 2.05. The van der Waals surface area contributed by atoms with Crippen molar-refractivity contribution in [2.75, 3.05) is 6.61 Å². The van der Waals surface area contributed by atoms with Crippen molar-refractivity contribution in [3.05, 3.63) is 59.0 Å². The summed E-state index contributed by atoms with van der Waals surface area (Å²) in [6, 6.07) is 9.34. The number of carbonyl (C=O) groups is 1. The van der Waals surface area contributed by atoms with E-state index in [0.717, 1.165) is 0 Å². The van der Waals surface area contributed by atoms with Gasteiger partial charge in [-0.1, -0.05) is 23.7 Å². The molecule has 0 radical (unpaired) electrons. The van der Waals surface area contributed by atoms with Gasteiger partial charge in [-0.25, -0.2) is 0 Å². The zero-order valence-corrected chi connectivity index (χ0v) is 12.0. The molecule has 1 aromatic carbocycles. The minimum Gasteiger partial charge on any atom is -0.467 e. The predicted molar refractivity (Wildman–Crippen MR) is 77.7 cm³/mol. The molecular weight excluding hydrogens is 294 g/mol. The minimum atomic E-state index is -0.932. The van der Waals surface area contributed by atoms with E-state index in [1.807, 2.05) is 0 Å². The summed E-state index contributed by atoms with van der Waals surface area (Å²) < 4.78 is 5.14. The lowest BCUT2D eigenvalue weighted by Crippen LogP contribution is -2.31. The molecule has 0 aliphatic carbocycles. The molecule has 6 heteroatoms. The number of aliphatic hydroxyl groups excluding tert-OH is 2. The van der Waals surface area contributed by atoms with Crippen molar-refractivity contribution in [2.24, 2.45) is 0 Å². The molecule has 0 aliphatic heterocycles. The summed E-state index contributed by atoms with van der Waals surface area (Å²) in [6.45, 7) is -0.281. The topological polar surface area (TPSA) is 82.7 Å². The highest BCUT2D eigenvalue weighted by molar-refractivity contribution is 6.30. The second-order valence-electron chi connectivity index (χ2n) is 4.59. The third-order valence-electron chi connectivity index (χ3n) is 3.04. The molecule has 5 nitrogen and oxygen atoms in total. The number of furan rings is 1. The van der Waals surface area contributed by atoms with E-state index >= 15 is 0 Å². The minimum absolute atomic E-state index is 0.112. The number of rotatable bonds is 6. The van der Waals surface area contributed by atoms with Crippen LogP contribution >= 0.6 is 11.6 Å². The SMILES string of the molecule is O=C(CC(O)c1ccc(Cl)cc1)NC(CO)c1ccco1. The van der Waals surface area contributed by atoms with Gasteiger partial charge in [-0.05, 0) is 29.8 Å². The van der Waals surface area contributed by atoms with Crippen molar-refractivity contribution in [1.29, 1.82) is 0 Å². The maximum Gasteiger partial charge on any atom is 0.223 e. The van der Waals surface area contributed by atoms with E-state index in [9.17, 15) is 15.0 Å². The van der Waals surface area contributed by atoms with Gasteiger partial charge in [-0.3, -0.25) is 4.79 Å². The number of nitrogens with one attached hydrogen (secondary N) is 1. The number of amides is 1. The number of benzene rings is 1. The molecule has 2 aromatic rings. The first kappa shape index (κ1) is 15.6. The lowest BCUT2D eigenvalue weighted by molar-refractivity contribution is -0.124. The van der Waals surface area contributed by atoms with E-state index in [4.69, 9.17) is 16.0 Å². The molecule has 0 saturated carbocycles. The molecule has 1 aromatic heterocycles. The van der Waals surface area contributed by atoms with Gasteiger partial charge in [0.2, 0.25) is 5.91 Å². The summed E-state index contributed by atoms with van der Waals surface area (Å²) in [7, 11) is 0. The molecule has 3 N–H and O–H groups in total.